The first-order valence-corrected chi connectivity index (χ1v) is 13.1. The molecule has 0 spiro atoms. The van der Waals surface area contributed by atoms with E-state index in [1.807, 2.05) is 15.6 Å². The highest BCUT2D eigenvalue weighted by molar-refractivity contribution is 5.80. The van der Waals surface area contributed by atoms with E-state index >= 15 is 0 Å². The minimum absolute atomic E-state index is 0.00534. The fraction of sp³-hybridized carbons (Fsp3) is 0.464. The zero-order valence-electron chi connectivity index (χ0n) is 20.9. The van der Waals surface area contributed by atoms with Gasteiger partial charge in [-0.2, -0.15) is 10.4 Å². The number of anilines is 1. The van der Waals surface area contributed by atoms with Crippen molar-refractivity contribution >= 4 is 17.2 Å². The molecule has 0 saturated carbocycles. The smallest absolute Gasteiger partial charge is 0.320 e. The van der Waals surface area contributed by atoms with E-state index in [4.69, 9.17) is 5.26 Å². The highest BCUT2D eigenvalue weighted by Gasteiger charge is 2.34. The van der Waals surface area contributed by atoms with E-state index in [1.54, 1.807) is 4.90 Å². The maximum Gasteiger partial charge on any atom is 0.320 e. The molecule has 1 unspecified atom stereocenters. The number of benzene rings is 1. The van der Waals surface area contributed by atoms with E-state index in [0.29, 0.717) is 32.1 Å². The first-order valence-electron chi connectivity index (χ1n) is 13.1. The summed E-state index contributed by atoms with van der Waals surface area (Å²) in [5, 5.41) is 13.5. The van der Waals surface area contributed by atoms with Gasteiger partial charge in [-0.25, -0.2) is 9.31 Å². The third-order valence-electron chi connectivity index (χ3n) is 8.15. The number of piperazine rings is 1. The van der Waals surface area contributed by atoms with Gasteiger partial charge in [-0.1, -0.05) is 31.2 Å². The summed E-state index contributed by atoms with van der Waals surface area (Å²) in [5.41, 5.74) is 6.05. The Morgan fingerprint density at radius 2 is 1.78 bits per heavy atom. The Hall–Kier alpha value is -3.57. The Bertz CT molecular complexity index is 1280. The molecule has 5 heterocycles. The molecule has 3 aromatic rings. The summed E-state index contributed by atoms with van der Waals surface area (Å²) in [7, 11) is 0. The highest BCUT2D eigenvalue weighted by atomic mass is 16.2. The second-order valence-electron chi connectivity index (χ2n) is 10.3. The normalized spacial score (nSPS) is 21.1. The van der Waals surface area contributed by atoms with Crippen LogP contribution in [0, 0.1) is 17.2 Å². The average Bonchev–Trinajstić information content (AvgIpc) is 3.55. The number of nitriles is 1. The van der Waals surface area contributed by atoms with Crippen LogP contribution in [0.3, 0.4) is 0 Å². The summed E-state index contributed by atoms with van der Waals surface area (Å²) in [6.07, 6.45) is 5.21. The SMILES string of the molecule is CCN1CCC(c2ccc(-c3cc4c(N5CCN(C(=O)N6CC(C#N)C6)CC5)ccnn4c3)cc2)C1. The van der Waals surface area contributed by atoms with Gasteiger partial charge in [-0.05, 0) is 48.7 Å². The van der Waals surface area contributed by atoms with E-state index in [-0.39, 0.29) is 11.9 Å². The van der Waals surface area contributed by atoms with Gasteiger partial charge in [0.1, 0.15) is 0 Å². The van der Waals surface area contributed by atoms with E-state index in [1.165, 1.54) is 29.7 Å². The van der Waals surface area contributed by atoms with Gasteiger partial charge in [0.25, 0.3) is 0 Å². The molecule has 1 atom stereocenters. The number of likely N-dealkylation sites (N-methyl/N-ethyl adjacent to an activating group) is 1. The number of fused-ring (bicyclic) bond motifs is 1. The van der Waals surface area contributed by atoms with Gasteiger partial charge in [0.05, 0.1) is 23.2 Å². The summed E-state index contributed by atoms with van der Waals surface area (Å²) in [5.74, 6) is 0.633. The van der Waals surface area contributed by atoms with E-state index in [0.717, 1.165) is 37.4 Å². The van der Waals surface area contributed by atoms with Crippen LogP contribution < -0.4 is 4.90 Å². The molecule has 1 aromatic carbocycles. The minimum atomic E-state index is -0.00534. The van der Waals surface area contributed by atoms with Crippen LogP contribution in [0.1, 0.15) is 24.8 Å². The number of rotatable bonds is 4. The Labute approximate surface area is 212 Å². The number of amides is 2. The van der Waals surface area contributed by atoms with Crippen molar-refractivity contribution in [3.05, 3.63) is 54.4 Å². The fourth-order valence-corrected chi connectivity index (χ4v) is 5.82. The van der Waals surface area contributed by atoms with Crippen molar-refractivity contribution in [3.8, 4) is 17.2 Å². The minimum Gasteiger partial charge on any atom is -0.366 e. The number of hydrogen-bond donors (Lipinski definition) is 0. The molecule has 2 aromatic heterocycles. The van der Waals surface area contributed by atoms with Crippen molar-refractivity contribution in [1.29, 1.82) is 5.26 Å². The number of hydrogen-bond acceptors (Lipinski definition) is 5. The third kappa shape index (κ3) is 4.18. The van der Waals surface area contributed by atoms with Crippen LogP contribution in [-0.4, -0.2) is 89.2 Å². The van der Waals surface area contributed by atoms with Crippen molar-refractivity contribution in [2.24, 2.45) is 5.92 Å². The first-order chi connectivity index (χ1) is 17.6. The van der Waals surface area contributed by atoms with Crippen LogP contribution in [0.5, 0.6) is 0 Å². The standard InChI is InChI=1S/C28H33N7O/c1-2-31-10-8-24(19-31)22-3-5-23(6-4-22)25-15-27-26(7-9-30-35(27)20-25)32-11-13-33(14-12-32)28(36)34-17-21(16-29)18-34/h3-7,9,15,20-21,24H,2,8,10-14,17-19H2,1H3. The van der Waals surface area contributed by atoms with Crippen LogP contribution >= 0.6 is 0 Å². The molecule has 0 bridgehead atoms. The molecule has 186 valence electrons. The molecular formula is C28H33N7O. The van der Waals surface area contributed by atoms with Crippen molar-refractivity contribution < 1.29 is 4.79 Å². The molecule has 0 aliphatic carbocycles. The van der Waals surface area contributed by atoms with Gasteiger partial charge in [0.2, 0.25) is 0 Å². The first kappa shape index (κ1) is 22.9. The largest absolute Gasteiger partial charge is 0.366 e. The fourth-order valence-electron chi connectivity index (χ4n) is 5.82. The summed E-state index contributed by atoms with van der Waals surface area (Å²) >= 11 is 0. The predicted octanol–water partition coefficient (Wildman–Crippen LogP) is 3.51. The zero-order valence-corrected chi connectivity index (χ0v) is 20.9. The Balaban J connectivity index is 1.15. The second-order valence-corrected chi connectivity index (χ2v) is 10.3. The van der Waals surface area contributed by atoms with Crippen molar-refractivity contribution in [1.82, 2.24) is 24.3 Å². The molecule has 3 saturated heterocycles. The zero-order chi connectivity index (χ0) is 24.6. The molecule has 3 fully saturated rings. The summed E-state index contributed by atoms with van der Waals surface area (Å²) in [6.45, 7) is 9.80. The van der Waals surface area contributed by atoms with E-state index < -0.39 is 0 Å². The topological polar surface area (TPSA) is 71.1 Å². The molecular weight excluding hydrogens is 450 g/mol. The van der Waals surface area contributed by atoms with Crippen molar-refractivity contribution in [2.45, 2.75) is 19.3 Å². The molecule has 6 rings (SSSR count). The van der Waals surface area contributed by atoms with Crippen molar-refractivity contribution in [3.63, 3.8) is 0 Å². The highest BCUT2D eigenvalue weighted by Crippen LogP contribution is 2.32. The van der Waals surface area contributed by atoms with Crippen LogP contribution in [-0.2, 0) is 0 Å². The molecule has 3 aliphatic rings. The Morgan fingerprint density at radius 3 is 2.47 bits per heavy atom. The maximum atomic E-state index is 12.7. The quantitative estimate of drug-likeness (QED) is 0.568. The molecule has 8 nitrogen and oxygen atoms in total. The lowest BCUT2D eigenvalue weighted by Crippen LogP contribution is -2.58. The van der Waals surface area contributed by atoms with Crippen LogP contribution in [0.2, 0.25) is 0 Å². The lowest BCUT2D eigenvalue weighted by molar-refractivity contribution is 0.106. The lowest BCUT2D eigenvalue weighted by atomic mass is 9.96. The van der Waals surface area contributed by atoms with Crippen LogP contribution in [0.15, 0.2) is 48.8 Å². The average molecular weight is 484 g/mol. The van der Waals surface area contributed by atoms with Gasteiger partial charge >= 0.3 is 6.03 Å². The summed E-state index contributed by atoms with van der Waals surface area (Å²) in [4.78, 5) is 21.3. The number of carbonyl (C=O) groups excluding carboxylic acids is 1. The molecule has 3 aliphatic heterocycles. The summed E-state index contributed by atoms with van der Waals surface area (Å²) < 4.78 is 1.97. The second kappa shape index (κ2) is 9.47. The number of nitrogens with zero attached hydrogens (tertiary/aromatic N) is 7. The number of aromatic nitrogens is 2. The number of carbonyl (C=O) groups is 1. The third-order valence-corrected chi connectivity index (χ3v) is 8.15. The monoisotopic (exact) mass is 483 g/mol. The predicted molar refractivity (Wildman–Crippen MR) is 140 cm³/mol. The van der Waals surface area contributed by atoms with E-state index in [2.05, 4.69) is 70.5 Å². The molecule has 2 amide bonds. The van der Waals surface area contributed by atoms with Crippen LogP contribution in [0.25, 0.3) is 16.6 Å². The van der Waals surface area contributed by atoms with Crippen LogP contribution in [0.4, 0.5) is 10.5 Å². The van der Waals surface area contributed by atoms with E-state index in [9.17, 15) is 4.79 Å². The Morgan fingerprint density at radius 1 is 1.00 bits per heavy atom. The molecule has 8 heteroatoms. The molecule has 0 radical (unpaired) electrons. The Kier molecular flexibility index (Phi) is 6.02. The maximum absolute atomic E-state index is 12.7. The molecule has 0 N–H and O–H groups in total. The van der Waals surface area contributed by atoms with Gasteiger partial charge in [-0.15, -0.1) is 0 Å². The summed E-state index contributed by atoms with van der Waals surface area (Å²) in [6, 6.07) is 15.7. The molecule has 36 heavy (non-hydrogen) atoms. The number of likely N-dealkylation sites (tertiary alicyclic amines) is 2. The lowest BCUT2D eigenvalue weighted by Gasteiger charge is -2.42. The van der Waals surface area contributed by atoms with Gasteiger partial charge < -0.3 is 19.6 Å². The van der Waals surface area contributed by atoms with Gasteiger partial charge in [0.15, 0.2) is 0 Å². The van der Waals surface area contributed by atoms with Crippen molar-refractivity contribution in [2.75, 3.05) is 63.8 Å². The number of urea groups is 1. The van der Waals surface area contributed by atoms with Gasteiger partial charge in [-0.3, -0.25) is 0 Å². The van der Waals surface area contributed by atoms with Gasteiger partial charge in [0, 0.05) is 63.8 Å².